The summed E-state index contributed by atoms with van der Waals surface area (Å²) in [6, 6.07) is 0. The number of amides is 1. The molecule has 0 bridgehead atoms. The highest BCUT2D eigenvalue weighted by Crippen LogP contribution is 2.18. The highest BCUT2D eigenvalue weighted by molar-refractivity contribution is 5.45. The number of hydrogen-bond acceptors (Lipinski definition) is 4. The van der Waals surface area contributed by atoms with E-state index in [1.165, 1.54) is 4.90 Å². The molecule has 0 aliphatic rings. The van der Waals surface area contributed by atoms with Gasteiger partial charge in [-0.1, -0.05) is 6.92 Å². The maximum Gasteiger partial charge on any atom is 0.209 e. The van der Waals surface area contributed by atoms with E-state index in [1.54, 1.807) is 14.1 Å². The number of aliphatic hydroxyl groups excluding tert-OH is 3. The van der Waals surface area contributed by atoms with Gasteiger partial charge in [0.2, 0.25) is 6.41 Å². The summed E-state index contributed by atoms with van der Waals surface area (Å²) in [6.07, 6.45) is 1.34. The lowest BCUT2D eigenvalue weighted by Crippen LogP contribution is -2.32. The van der Waals surface area contributed by atoms with Crippen LogP contribution in [0.3, 0.4) is 0 Å². The van der Waals surface area contributed by atoms with Gasteiger partial charge in [-0.05, 0) is 6.42 Å². The van der Waals surface area contributed by atoms with Crippen molar-refractivity contribution in [1.82, 2.24) is 4.90 Å². The van der Waals surface area contributed by atoms with Crippen LogP contribution in [0.4, 0.5) is 0 Å². The molecule has 0 atom stereocenters. The molecule has 0 rings (SSSR count). The number of rotatable bonds is 5. The van der Waals surface area contributed by atoms with Crippen LogP contribution in [0.15, 0.2) is 0 Å². The number of hydrogen-bond donors (Lipinski definition) is 3. The minimum atomic E-state index is -0.667. The molecule has 14 heavy (non-hydrogen) atoms. The molecule has 3 N–H and O–H groups in total. The third kappa shape index (κ3) is 6.82. The molecule has 5 nitrogen and oxygen atoms in total. The van der Waals surface area contributed by atoms with Crippen molar-refractivity contribution in [3.05, 3.63) is 0 Å². The first-order valence-electron chi connectivity index (χ1n) is 4.46. The van der Waals surface area contributed by atoms with Gasteiger partial charge in [-0.2, -0.15) is 0 Å². The fraction of sp³-hybridized carbons (Fsp3) is 0.889. The van der Waals surface area contributed by atoms with Gasteiger partial charge in [0.1, 0.15) is 0 Å². The number of carbonyl (C=O) groups is 1. The lowest BCUT2D eigenvalue weighted by Gasteiger charge is -2.24. The summed E-state index contributed by atoms with van der Waals surface area (Å²) in [6.45, 7) is 1.35. The van der Waals surface area contributed by atoms with Crippen LogP contribution < -0.4 is 0 Å². The molecule has 0 heterocycles. The summed E-state index contributed by atoms with van der Waals surface area (Å²) in [5.41, 5.74) is -0.667. The molecule has 1 amide bonds. The predicted octanol–water partition coefficient (Wildman–Crippen LogP) is -0.936. The van der Waals surface area contributed by atoms with E-state index in [0.717, 1.165) is 6.41 Å². The zero-order valence-corrected chi connectivity index (χ0v) is 9.10. The molecule has 0 fully saturated rings. The number of aliphatic hydroxyl groups is 3. The molecule has 0 saturated heterocycles. The Morgan fingerprint density at radius 3 is 1.43 bits per heavy atom. The van der Waals surface area contributed by atoms with Crippen LogP contribution in [-0.2, 0) is 4.79 Å². The third-order valence-corrected chi connectivity index (χ3v) is 1.97. The Bertz CT molecular complexity index is 117. The first-order valence-corrected chi connectivity index (χ1v) is 4.46. The van der Waals surface area contributed by atoms with Gasteiger partial charge >= 0.3 is 0 Å². The van der Waals surface area contributed by atoms with E-state index < -0.39 is 5.41 Å². The van der Waals surface area contributed by atoms with Crippen LogP contribution in [0.25, 0.3) is 0 Å². The molecule has 0 aromatic heterocycles. The van der Waals surface area contributed by atoms with Crippen molar-refractivity contribution in [1.29, 1.82) is 0 Å². The zero-order valence-electron chi connectivity index (χ0n) is 9.10. The molecule has 0 aliphatic carbocycles. The summed E-state index contributed by atoms with van der Waals surface area (Å²) < 4.78 is 0. The largest absolute Gasteiger partial charge is 0.396 e. The summed E-state index contributed by atoms with van der Waals surface area (Å²) in [5.74, 6) is 0. The second kappa shape index (κ2) is 8.93. The average Bonchev–Trinajstić information content (AvgIpc) is 2.23. The van der Waals surface area contributed by atoms with E-state index >= 15 is 0 Å². The first-order chi connectivity index (χ1) is 6.51. The molecule has 0 aromatic rings. The van der Waals surface area contributed by atoms with E-state index in [2.05, 4.69) is 0 Å². The second-order valence-corrected chi connectivity index (χ2v) is 3.40. The topological polar surface area (TPSA) is 81.0 Å². The minimum Gasteiger partial charge on any atom is -0.396 e. The Hall–Kier alpha value is -0.650. The standard InChI is InChI=1S/C6H14O3.C3H7NO/c1-2-6(3-7,4-8)5-9;1-4(2)3-5/h7-9H,2-5H2,1H3;3H,1-2H3. The SMILES string of the molecule is CCC(CO)(CO)CO.CN(C)C=O. The summed E-state index contributed by atoms with van der Waals surface area (Å²) in [4.78, 5) is 10.9. The van der Waals surface area contributed by atoms with Gasteiger partial charge < -0.3 is 20.2 Å². The maximum absolute atomic E-state index is 9.43. The Balaban J connectivity index is 0. The van der Waals surface area contributed by atoms with Gasteiger partial charge in [0, 0.05) is 19.5 Å². The first kappa shape index (κ1) is 15.8. The molecular formula is C9H21NO4. The van der Waals surface area contributed by atoms with E-state index in [1.807, 2.05) is 6.92 Å². The Morgan fingerprint density at radius 2 is 1.43 bits per heavy atom. The second-order valence-electron chi connectivity index (χ2n) is 3.40. The molecular weight excluding hydrogens is 186 g/mol. The third-order valence-electron chi connectivity index (χ3n) is 1.97. The Kier molecular flexibility index (Phi) is 10.1. The lowest BCUT2D eigenvalue weighted by atomic mass is 9.88. The van der Waals surface area contributed by atoms with Gasteiger partial charge in [0.25, 0.3) is 0 Å². The highest BCUT2D eigenvalue weighted by atomic mass is 16.3. The maximum atomic E-state index is 9.43. The fourth-order valence-corrected chi connectivity index (χ4v) is 0.485. The van der Waals surface area contributed by atoms with E-state index in [0.29, 0.717) is 6.42 Å². The van der Waals surface area contributed by atoms with Gasteiger partial charge in [0.15, 0.2) is 0 Å². The van der Waals surface area contributed by atoms with Crippen molar-refractivity contribution in [3.63, 3.8) is 0 Å². The Labute approximate surface area is 85.0 Å². The average molecular weight is 207 g/mol. The monoisotopic (exact) mass is 207 g/mol. The van der Waals surface area contributed by atoms with Crippen molar-refractivity contribution >= 4 is 6.41 Å². The molecule has 0 unspecified atom stereocenters. The normalized spacial score (nSPS) is 10.1. The summed E-state index contributed by atoms with van der Waals surface area (Å²) >= 11 is 0. The molecule has 0 aromatic carbocycles. The number of nitrogens with zero attached hydrogens (tertiary/aromatic N) is 1. The lowest BCUT2D eigenvalue weighted by molar-refractivity contribution is -0.115. The predicted molar refractivity (Wildman–Crippen MR) is 53.7 cm³/mol. The van der Waals surface area contributed by atoms with Gasteiger partial charge in [-0.15, -0.1) is 0 Å². The van der Waals surface area contributed by atoms with Crippen molar-refractivity contribution in [2.75, 3.05) is 33.9 Å². The zero-order chi connectivity index (χ0) is 11.6. The molecule has 0 saturated carbocycles. The van der Waals surface area contributed by atoms with E-state index in [-0.39, 0.29) is 19.8 Å². The van der Waals surface area contributed by atoms with Crippen LogP contribution in [0, 0.1) is 5.41 Å². The quantitative estimate of drug-likeness (QED) is 0.508. The number of carbonyl (C=O) groups excluding carboxylic acids is 1. The molecule has 86 valence electrons. The highest BCUT2D eigenvalue weighted by Gasteiger charge is 2.24. The summed E-state index contributed by atoms with van der Waals surface area (Å²) in [5, 5.41) is 26.0. The van der Waals surface area contributed by atoms with Crippen LogP contribution in [0.5, 0.6) is 0 Å². The smallest absolute Gasteiger partial charge is 0.209 e. The Morgan fingerprint density at radius 1 is 1.14 bits per heavy atom. The molecule has 0 spiro atoms. The molecule has 0 radical (unpaired) electrons. The van der Waals surface area contributed by atoms with Crippen LogP contribution in [-0.4, -0.2) is 60.5 Å². The van der Waals surface area contributed by atoms with Crippen molar-refractivity contribution in [2.45, 2.75) is 13.3 Å². The van der Waals surface area contributed by atoms with Gasteiger partial charge in [-0.25, -0.2) is 0 Å². The molecule has 5 heteroatoms. The van der Waals surface area contributed by atoms with Crippen LogP contribution in [0.1, 0.15) is 13.3 Å². The van der Waals surface area contributed by atoms with E-state index in [4.69, 9.17) is 15.3 Å². The fourth-order valence-electron chi connectivity index (χ4n) is 0.485. The minimum absolute atomic E-state index is 0.156. The van der Waals surface area contributed by atoms with Gasteiger partial charge in [-0.3, -0.25) is 4.79 Å². The van der Waals surface area contributed by atoms with Crippen molar-refractivity contribution in [2.24, 2.45) is 5.41 Å². The summed E-state index contributed by atoms with van der Waals surface area (Å²) in [7, 11) is 3.38. The van der Waals surface area contributed by atoms with E-state index in [9.17, 15) is 4.79 Å². The van der Waals surface area contributed by atoms with Gasteiger partial charge in [0.05, 0.1) is 19.8 Å². The van der Waals surface area contributed by atoms with Crippen LogP contribution >= 0.6 is 0 Å². The van der Waals surface area contributed by atoms with Crippen molar-refractivity contribution in [3.8, 4) is 0 Å². The van der Waals surface area contributed by atoms with Crippen LogP contribution in [0.2, 0.25) is 0 Å². The molecule has 0 aliphatic heterocycles. The van der Waals surface area contributed by atoms with Crippen molar-refractivity contribution < 1.29 is 20.1 Å².